The predicted molar refractivity (Wildman–Crippen MR) is 77.2 cm³/mol. The van der Waals surface area contributed by atoms with Crippen molar-refractivity contribution in [2.45, 2.75) is 45.0 Å². The maximum absolute atomic E-state index is 5.60. The van der Waals surface area contributed by atoms with E-state index >= 15 is 0 Å². The molecular formula is C13H23N3OS. The summed E-state index contributed by atoms with van der Waals surface area (Å²) in [6.45, 7) is 11.6. The molecule has 0 atom stereocenters. The van der Waals surface area contributed by atoms with Gasteiger partial charge in [0.25, 0.3) is 6.01 Å². The first kappa shape index (κ1) is 13.7. The molecule has 2 rings (SSSR count). The number of nitrogens with zero attached hydrogens (tertiary/aromatic N) is 2. The fourth-order valence-corrected chi connectivity index (χ4v) is 3.12. The molecule has 102 valence electrons. The Morgan fingerprint density at radius 3 is 3.00 bits per heavy atom. The molecular weight excluding hydrogens is 246 g/mol. The quantitative estimate of drug-likeness (QED) is 0.909. The topological polar surface area (TPSA) is 41.3 Å². The number of oxazole rings is 1. The molecule has 4 nitrogen and oxygen atoms in total. The van der Waals surface area contributed by atoms with Gasteiger partial charge in [-0.3, -0.25) is 0 Å². The van der Waals surface area contributed by atoms with Crippen LogP contribution in [0.25, 0.3) is 0 Å². The van der Waals surface area contributed by atoms with E-state index in [4.69, 9.17) is 4.42 Å². The zero-order valence-electron chi connectivity index (χ0n) is 11.7. The van der Waals surface area contributed by atoms with Crippen molar-refractivity contribution < 1.29 is 4.42 Å². The van der Waals surface area contributed by atoms with E-state index in [9.17, 15) is 0 Å². The first-order chi connectivity index (χ1) is 8.46. The van der Waals surface area contributed by atoms with Crippen LogP contribution in [0.3, 0.4) is 0 Å². The molecule has 18 heavy (non-hydrogen) atoms. The van der Waals surface area contributed by atoms with Gasteiger partial charge in [-0.2, -0.15) is 16.7 Å². The molecule has 1 N–H and O–H groups in total. The third kappa shape index (κ3) is 3.65. The van der Waals surface area contributed by atoms with Gasteiger partial charge in [0.15, 0.2) is 0 Å². The molecule has 0 spiro atoms. The number of anilines is 1. The average Bonchev–Trinajstić information content (AvgIpc) is 2.73. The maximum atomic E-state index is 5.60. The van der Waals surface area contributed by atoms with E-state index in [1.807, 2.05) is 11.8 Å². The Bertz CT molecular complexity index is 389. The lowest BCUT2D eigenvalue weighted by molar-refractivity contribution is 0.515. The zero-order valence-corrected chi connectivity index (χ0v) is 12.5. The van der Waals surface area contributed by atoms with Gasteiger partial charge in [0, 0.05) is 36.2 Å². The van der Waals surface area contributed by atoms with Crippen LogP contribution in [0.5, 0.6) is 0 Å². The third-order valence-electron chi connectivity index (χ3n) is 2.93. The van der Waals surface area contributed by atoms with E-state index in [-0.39, 0.29) is 4.75 Å². The van der Waals surface area contributed by atoms with Gasteiger partial charge in [-0.25, -0.2) is 0 Å². The first-order valence-electron chi connectivity index (χ1n) is 6.53. The summed E-state index contributed by atoms with van der Waals surface area (Å²) in [5.74, 6) is 1.13. The van der Waals surface area contributed by atoms with Crippen LogP contribution in [0.2, 0.25) is 0 Å². The second-order valence-corrected chi connectivity index (χ2v) is 7.49. The maximum Gasteiger partial charge on any atom is 0.297 e. The smallest absolute Gasteiger partial charge is 0.297 e. The summed E-state index contributed by atoms with van der Waals surface area (Å²) in [5, 5.41) is 3.35. The fourth-order valence-electron chi connectivity index (χ4n) is 2.01. The summed E-state index contributed by atoms with van der Waals surface area (Å²) in [4.78, 5) is 6.80. The lowest BCUT2D eigenvalue weighted by Crippen LogP contribution is -2.43. The first-order valence-corrected chi connectivity index (χ1v) is 7.51. The van der Waals surface area contributed by atoms with Crippen LogP contribution in [0.1, 0.15) is 33.4 Å². The van der Waals surface area contributed by atoms with Gasteiger partial charge >= 0.3 is 0 Å². The molecule has 0 bridgehead atoms. The van der Waals surface area contributed by atoms with Gasteiger partial charge in [-0.05, 0) is 13.8 Å². The van der Waals surface area contributed by atoms with E-state index in [1.165, 1.54) is 0 Å². The average molecular weight is 269 g/mol. The van der Waals surface area contributed by atoms with Crippen molar-refractivity contribution in [3.8, 4) is 0 Å². The van der Waals surface area contributed by atoms with Gasteiger partial charge in [-0.15, -0.1) is 0 Å². The Morgan fingerprint density at radius 1 is 1.56 bits per heavy atom. The Balaban J connectivity index is 1.97. The predicted octanol–water partition coefficient (Wildman–Crippen LogP) is 2.50. The van der Waals surface area contributed by atoms with E-state index in [0.29, 0.717) is 6.04 Å². The highest BCUT2D eigenvalue weighted by Crippen LogP contribution is 2.31. The normalized spacial score (nSPS) is 19.5. The number of aromatic nitrogens is 1. The van der Waals surface area contributed by atoms with Gasteiger partial charge in [0.1, 0.15) is 6.26 Å². The van der Waals surface area contributed by atoms with Crippen LogP contribution >= 0.6 is 11.8 Å². The van der Waals surface area contributed by atoms with Crippen molar-refractivity contribution in [3.63, 3.8) is 0 Å². The van der Waals surface area contributed by atoms with E-state index in [1.54, 1.807) is 6.26 Å². The zero-order chi connectivity index (χ0) is 13.2. The number of hydrogen-bond acceptors (Lipinski definition) is 5. The molecule has 0 amide bonds. The van der Waals surface area contributed by atoms with Crippen molar-refractivity contribution in [2.24, 2.45) is 0 Å². The Labute approximate surface area is 114 Å². The number of thioether (sulfide) groups is 1. The number of rotatable bonds is 4. The minimum absolute atomic E-state index is 0.281. The molecule has 0 unspecified atom stereocenters. The van der Waals surface area contributed by atoms with Crippen LogP contribution in [-0.2, 0) is 6.54 Å². The Morgan fingerprint density at radius 2 is 2.33 bits per heavy atom. The van der Waals surface area contributed by atoms with Gasteiger partial charge < -0.3 is 14.6 Å². The highest BCUT2D eigenvalue weighted by Gasteiger charge is 2.29. The molecule has 0 radical (unpaired) electrons. The van der Waals surface area contributed by atoms with Gasteiger partial charge in [0.05, 0.1) is 5.69 Å². The van der Waals surface area contributed by atoms with Crippen LogP contribution in [0.15, 0.2) is 10.7 Å². The van der Waals surface area contributed by atoms with Crippen LogP contribution < -0.4 is 10.2 Å². The molecule has 0 aromatic carbocycles. The second kappa shape index (κ2) is 5.53. The monoisotopic (exact) mass is 269 g/mol. The molecule has 0 saturated carbocycles. The van der Waals surface area contributed by atoms with E-state index in [0.717, 1.165) is 37.1 Å². The van der Waals surface area contributed by atoms with Crippen LogP contribution in [-0.4, -0.2) is 34.6 Å². The second-order valence-electron chi connectivity index (χ2n) is 5.69. The van der Waals surface area contributed by atoms with Crippen LogP contribution in [0.4, 0.5) is 6.01 Å². The molecule has 1 saturated heterocycles. The molecule has 1 aromatic rings. The number of nitrogens with one attached hydrogen (secondary N) is 1. The summed E-state index contributed by atoms with van der Waals surface area (Å²) >= 11 is 2.02. The molecule has 5 heteroatoms. The summed E-state index contributed by atoms with van der Waals surface area (Å²) in [6, 6.07) is 1.24. The van der Waals surface area contributed by atoms with Crippen molar-refractivity contribution in [1.82, 2.24) is 10.3 Å². The van der Waals surface area contributed by atoms with Crippen molar-refractivity contribution in [2.75, 3.05) is 23.7 Å². The fraction of sp³-hybridized carbons (Fsp3) is 0.769. The van der Waals surface area contributed by atoms with Gasteiger partial charge in [-0.1, -0.05) is 13.8 Å². The minimum atomic E-state index is 0.281. The Hall–Kier alpha value is -0.680. The molecule has 1 aromatic heterocycles. The largest absolute Gasteiger partial charge is 0.432 e. The highest BCUT2D eigenvalue weighted by atomic mass is 32.2. The van der Waals surface area contributed by atoms with Crippen molar-refractivity contribution >= 4 is 17.8 Å². The molecule has 0 aliphatic carbocycles. The molecule has 1 aliphatic rings. The number of hydrogen-bond donors (Lipinski definition) is 1. The van der Waals surface area contributed by atoms with Crippen molar-refractivity contribution in [3.05, 3.63) is 12.0 Å². The highest BCUT2D eigenvalue weighted by molar-refractivity contribution is 8.00. The van der Waals surface area contributed by atoms with E-state index in [2.05, 4.69) is 42.9 Å². The van der Waals surface area contributed by atoms with Gasteiger partial charge in [0.2, 0.25) is 0 Å². The van der Waals surface area contributed by atoms with Crippen molar-refractivity contribution in [1.29, 1.82) is 0 Å². The SMILES string of the molecule is CC(C)NCc1coc(N2CCSC(C)(C)C2)n1. The minimum Gasteiger partial charge on any atom is -0.432 e. The molecule has 1 fully saturated rings. The summed E-state index contributed by atoms with van der Waals surface area (Å²) in [5.41, 5.74) is 0.981. The lowest BCUT2D eigenvalue weighted by atomic mass is 10.2. The van der Waals surface area contributed by atoms with E-state index < -0.39 is 0 Å². The standard InChI is InChI=1S/C13H23N3OS/c1-10(2)14-7-11-8-17-12(15-11)16-5-6-18-13(3,4)9-16/h8,10,14H,5-7,9H2,1-4H3. The summed E-state index contributed by atoms with van der Waals surface area (Å²) in [7, 11) is 0. The third-order valence-corrected chi connectivity index (χ3v) is 4.22. The Kier molecular flexibility index (Phi) is 4.22. The van der Waals surface area contributed by atoms with Crippen LogP contribution in [0, 0.1) is 0 Å². The molecule has 1 aliphatic heterocycles. The summed E-state index contributed by atoms with van der Waals surface area (Å²) < 4.78 is 5.88. The lowest BCUT2D eigenvalue weighted by Gasteiger charge is -2.36. The molecule has 2 heterocycles. The summed E-state index contributed by atoms with van der Waals surface area (Å²) in [6.07, 6.45) is 1.76.